The molecule has 0 aliphatic heterocycles. The van der Waals surface area contributed by atoms with Crippen LogP contribution in [0.3, 0.4) is 0 Å². The first-order valence-corrected chi connectivity index (χ1v) is 9.39. The van der Waals surface area contributed by atoms with Crippen molar-refractivity contribution in [2.24, 2.45) is 0 Å². The van der Waals surface area contributed by atoms with Crippen LogP contribution in [-0.2, 0) is 12.2 Å². The number of para-hydroxylation sites is 1. The monoisotopic (exact) mass is 361 g/mol. The molecule has 0 aliphatic carbocycles. The van der Waals surface area contributed by atoms with Crippen LogP contribution in [0.1, 0.15) is 29.3 Å². The molecule has 0 fully saturated rings. The van der Waals surface area contributed by atoms with E-state index in [1.54, 1.807) is 6.07 Å². The van der Waals surface area contributed by atoms with E-state index in [0.717, 1.165) is 29.0 Å². The molecule has 5 heteroatoms. The van der Waals surface area contributed by atoms with Crippen molar-refractivity contribution in [1.29, 1.82) is 5.26 Å². The van der Waals surface area contributed by atoms with Crippen molar-refractivity contribution in [3.05, 3.63) is 77.0 Å². The molecule has 0 N–H and O–H groups in total. The number of hydrogen-bond donors (Lipinski definition) is 0. The minimum atomic E-state index is 0.555. The summed E-state index contributed by atoms with van der Waals surface area (Å²) >= 11 is 1.54. The molecule has 1 aromatic heterocycles. The van der Waals surface area contributed by atoms with Gasteiger partial charge in [-0.15, -0.1) is 0 Å². The van der Waals surface area contributed by atoms with Gasteiger partial charge in [-0.05, 0) is 42.7 Å². The Hall–Kier alpha value is -2.84. The molecule has 1 heterocycles. The van der Waals surface area contributed by atoms with E-state index in [1.807, 2.05) is 55.5 Å². The zero-order valence-corrected chi connectivity index (χ0v) is 15.6. The Balaban J connectivity index is 1.79. The Morgan fingerprint density at radius 1 is 1.08 bits per heavy atom. The molecular weight excluding hydrogens is 342 g/mol. The Morgan fingerprint density at radius 3 is 2.69 bits per heavy atom. The lowest BCUT2D eigenvalue weighted by Crippen LogP contribution is -1.98. The smallest absolute Gasteiger partial charge is 0.223 e. The first-order chi connectivity index (χ1) is 12.7. The molecule has 0 unspecified atom stereocenters. The first kappa shape index (κ1) is 18.0. The van der Waals surface area contributed by atoms with Gasteiger partial charge in [0.1, 0.15) is 5.75 Å². The summed E-state index contributed by atoms with van der Waals surface area (Å²) in [6.07, 6.45) is 0.810. The number of hydrogen-bond acceptors (Lipinski definition) is 5. The lowest BCUT2D eigenvalue weighted by molar-refractivity contribution is 0.450. The summed E-state index contributed by atoms with van der Waals surface area (Å²) in [4.78, 5) is 9.12. The second-order valence-electron chi connectivity index (χ2n) is 5.80. The van der Waals surface area contributed by atoms with E-state index in [9.17, 15) is 0 Å². The highest BCUT2D eigenvalue weighted by Crippen LogP contribution is 2.27. The van der Waals surface area contributed by atoms with Crippen LogP contribution in [0.2, 0.25) is 0 Å². The fourth-order valence-electron chi connectivity index (χ4n) is 2.41. The van der Waals surface area contributed by atoms with E-state index in [-0.39, 0.29) is 0 Å². The van der Waals surface area contributed by atoms with Gasteiger partial charge in [0.25, 0.3) is 0 Å². The Bertz CT molecular complexity index is 950. The predicted molar refractivity (Wildman–Crippen MR) is 103 cm³/mol. The molecular formula is C21H19N3OS. The third-order valence-electron chi connectivity index (χ3n) is 3.83. The molecule has 26 heavy (non-hydrogen) atoms. The lowest BCUT2D eigenvalue weighted by Gasteiger charge is -2.10. The molecule has 0 spiro atoms. The van der Waals surface area contributed by atoms with Crippen molar-refractivity contribution >= 4 is 11.8 Å². The maximum atomic E-state index is 9.02. The summed E-state index contributed by atoms with van der Waals surface area (Å²) < 4.78 is 5.97. The Morgan fingerprint density at radius 2 is 1.92 bits per heavy atom. The molecule has 0 saturated heterocycles. The van der Waals surface area contributed by atoms with Crippen LogP contribution in [0.5, 0.6) is 11.6 Å². The summed E-state index contributed by atoms with van der Waals surface area (Å²) in [7, 11) is 0. The van der Waals surface area contributed by atoms with Gasteiger partial charge in [0.2, 0.25) is 5.88 Å². The zero-order chi connectivity index (χ0) is 18.4. The minimum absolute atomic E-state index is 0.555. The van der Waals surface area contributed by atoms with Gasteiger partial charge in [0.05, 0.1) is 11.6 Å². The quantitative estimate of drug-likeness (QED) is 0.440. The highest BCUT2D eigenvalue weighted by Gasteiger charge is 2.08. The van der Waals surface area contributed by atoms with Crippen molar-refractivity contribution in [2.75, 3.05) is 0 Å². The first-order valence-electron chi connectivity index (χ1n) is 8.41. The van der Waals surface area contributed by atoms with Crippen molar-refractivity contribution in [3.63, 3.8) is 0 Å². The van der Waals surface area contributed by atoms with Gasteiger partial charge in [0.15, 0.2) is 5.16 Å². The maximum Gasteiger partial charge on any atom is 0.223 e. The van der Waals surface area contributed by atoms with E-state index >= 15 is 0 Å². The molecule has 3 aromatic rings. The van der Waals surface area contributed by atoms with E-state index in [4.69, 9.17) is 10.00 Å². The predicted octanol–water partition coefficient (Wildman–Crippen LogP) is 5.30. The van der Waals surface area contributed by atoms with Gasteiger partial charge in [0, 0.05) is 17.5 Å². The summed E-state index contributed by atoms with van der Waals surface area (Å²) in [5, 5.41) is 9.69. The molecule has 2 aromatic carbocycles. The van der Waals surface area contributed by atoms with Gasteiger partial charge in [-0.2, -0.15) is 10.2 Å². The fourth-order valence-corrected chi connectivity index (χ4v) is 3.22. The fraction of sp³-hybridized carbons (Fsp3) is 0.190. The van der Waals surface area contributed by atoms with Gasteiger partial charge in [-0.3, -0.25) is 0 Å². The van der Waals surface area contributed by atoms with Crippen molar-refractivity contribution in [3.8, 4) is 17.7 Å². The average molecular weight is 361 g/mol. The van der Waals surface area contributed by atoms with Gasteiger partial charge >= 0.3 is 0 Å². The van der Waals surface area contributed by atoms with E-state index < -0.39 is 0 Å². The van der Waals surface area contributed by atoms with Crippen molar-refractivity contribution in [1.82, 2.24) is 9.97 Å². The van der Waals surface area contributed by atoms with Gasteiger partial charge in [-0.1, -0.05) is 49.0 Å². The van der Waals surface area contributed by atoms with E-state index in [0.29, 0.717) is 22.4 Å². The van der Waals surface area contributed by atoms with Crippen LogP contribution in [0.25, 0.3) is 0 Å². The van der Waals surface area contributed by atoms with Crippen molar-refractivity contribution < 1.29 is 4.74 Å². The van der Waals surface area contributed by atoms with Crippen LogP contribution in [-0.4, -0.2) is 9.97 Å². The number of rotatable bonds is 6. The third kappa shape index (κ3) is 4.62. The average Bonchev–Trinajstić information content (AvgIpc) is 2.68. The number of nitriles is 1. The topological polar surface area (TPSA) is 58.8 Å². The highest BCUT2D eigenvalue weighted by molar-refractivity contribution is 7.98. The molecule has 0 atom stereocenters. The van der Waals surface area contributed by atoms with Crippen LogP contribution in [0, 0.1) is 18.3 Å². The standard InChI is InChI=1S/C21H19N3OS/c1-3-18-12-20(25-19-10-5-4-7-15(19)2)24-21(23-18)26-14-17-9-6-8-16(11-17)13-22/h4-12H,3,14H2,1-2H3. The molecule has 0 saturated carbocycles. The number of thioether (sulfide) groups is 1. The molecule has 0 bridgehead atoms. The van der Waals surface area contributed by atoms with Gasteiger partial charge in [-0.25, -0.2) is 4.98 Å². The molecule has 4 nitrogen and oxygen atoms in total. The second-order valence-corrected chi connectivity index (χ2v) is 6.74. The number of benzene rings is 2. The summed E-state index contributed by atoms with van der Waals surface area (Å²) in [5.74, 6) is 2.05. The van der Waals surface area contributed by atoms with Crippen LogP contribution in [0.4, 0.5) is 0 Å². The number of ether oxygens (including phenoxy) is 1. The Kier molecular flexibility index (Phi) is 5.88. The SMILES string of the molecule is CCc1cc(Oc2ccccc2C)nc(SCc2cccc(C#N)c2)n1. The number of aromatic nitrogens is 2. The van der Waals surface area contributed by atoms with Crippen LogP contribution in [0.15, 0.2) is 59.8 Å². The maximum absolute atomic E-state index is 9.02. The molecule has 0 radical (unpaired) electrons. The zero-order valence-electron chi connectivity index (χ0n) is 14.8. The largest absolute Gasteiger partial charge is 0.439 e. The Labute approximate surface area is 157 Å². The summed E-state index contributed by atoms with van der Waals surface area (Å²) in [6, 6.07) is 19.5. The minimum Gasteiger partial charge on any atom is -0.439 e. The molecule has 0 amide bonds. The summed E-state index contributed by atoms with van der Waals surface area (Å²) in [6.45, 7) is 4.07. The van der Waals surface area contributed by atoms with Gasteiger partial charge < -0.3 is 4.74 Å². The highest BCUT2D eigenvalue weighted by atomic mass is 32.2. The van der Waals surface area contributed by atoms with E-state index in [1.165, 1.54) is 11.8 Å². The van der Waals surface area contributed by atoms with Crippen LogP contribution < -0.4 is 4.74 Å². The molecule has 0 aliphatic rings. The molecule has 3 rings (SSSR count). The van der Waals surface area contributed by atoms with Crippen molar-refractivity contribution in [2.45, 2.75) is 31.2 Å². The summed E-state index contributed by atoms with van der Waals surface area (Å²) in [5.41, 5.74) is 3.74. The van der Waals surface area contributed by atoms with E-state index in [2.05, 4.69) is 23.0 Å². The number of nitrogens with zero attached hydrogens (tertiary/aromatic N) is 3. The number of aryl methyl sites for hydroxylation is 2. The third-order valence-corrected chi connectivity index (χ3v) is 4.75. The molecule has 130 valence electrons. The van der Waals surface area contributed by atoms with Crippen LogP contribution >= 0.6 is 11.8 Å². The normalized spacial score (nSPS) is 10.3. The lowest BCUT2D eigenvalue weighted by atomic mass is 10.2. The second kappa shape index (κ2) is 8.50.